The summed E-state index contributed by atoms with van der Waals surface area (Å²) in [5.74, 6) is 0. The molecule has 2 rings (SSSR count). The lowest BCUT2D eigenvalue weighted by atomic mass is 10.1. The van der Waals surface area contributed by atoms with E-state index in [4.69, 9.17) is 28.9 Å². The molecule has 0 amide bonds. The first-order valence-corrected chi connectivity index (χ1v) is 5.75. The molecular formula is C9H7Cl2N3S. The van der Waals surface area contributed by atoms with Gasteiger partial charge >= 0.3 is 0 Å². The molecule has 0 aliphatic heterocycles. The van der Waals surface area contributed by atoms with Crippen LogP contribution in [0.4, 0.5) is 5.13 Å². The van der Waals surface area contributed by atoms with Gasteiger partial charge in [0.05, 0.1) is 0 Å². The van der Waals surface area contributed by atoms with Crippen LogP contribution in [0.1, 0.15) is 10.6 Å². The molecule has 0 aliphatic carbocycles. The van der Waals surface area contributed by atoms with Crippen LogP contribution < -0.4 is 5.73 Å². The summed E-state index contributed by atoms with van der Waals surface area (Å²) in [5.41, 5.74) is 6.35. The minimum atomic E-state index is 0.452. The van der Waals surface area contributed by atoms with Gasteiger partial charge in [-0.25, -0.2) is 0 Å². The number of anilines is 1. The number of nitrogen functional groups attached to an aromatic ring is 1. The molecular weight excluding hydrogens is 253 g/mol. The summed E-state index contributed by atoms with van der Waals surface area (Å²) in [6, 6.07) is 5.41. The predicted molar refractivity (Wildman–Crippen MR) is 63.6 cm³/mol. The second kappa shape index (κ2) is 4.35. The maximum Gasteiger partial charge on any atom is 0.203 e. The second-order valence-corrected chi connectivity index (χ2v) is 4.82. The summed E-state index contributed by atoms with van der Waals surface area (Å²) in [4.78, 5) is 0. The van der Waals surface area contributed by atoms with Crippen molar-refractivity contribution in [3.63, 3.8) is 0 Å². The normalized spacial score (nSPS) is 10.5. The van der Waals surface area contributed by atoms with Crippen LogP contribution in [0.3, 0.4) is 0 Å². The second-order valence-electron chi connectivity index (χ2n) is 2.91. The van der Waals surface area contributed by atoms with E-state index >= 15 is 0 Å². The fourth-order valence-corrected chi connectivity index (χ4v) is 2.34. The van der Waals surface area contributed by atoms with E-state index in [-0.39, 0.29) is 0 Å². The van der Waals surface area contributed by atoms with Gasteiger partial charge in [0.2, 0.25) is 5.13 Å². The van der Waals surface area contributed by atoms with E-state index in [0.29, 0.717) is 21.6 Å². The summed E-state index contributed by atoms with van der Waals surface area (Å²) < 4.78 is 0. The number of halogens is 2. The number of hydrogen-bond donors (Lipinski definition) is 1. The van der Waals surface area contributed by atoms with Crippen molar-refractivity contribution in [2.75, 3.05) is 5.73 Å². The van der Waals surface area contributed by atoms with Crippen molar-refractivity contribution in [1.29, 1.82) is 0 Å². The number of rotatable bonds is 2. The maximum absolute atomic E-state index is 6.03. The van der Waals surface area contributed by atoms with Crippen LogP contribution in [0.15, 0.2) is 18.2 Å². The highest BCUT2D eigenvalue weighted by Crippen LogP contribution is 2.27. The minimum Gasteiger partial charge on any atom is -0.374 e. The molecule has 1 heterocycles. The van der Waals surface area contributed by atoms with E-state index < -0.39 is 0 Å². The number of nitrogens with zero attached hydrogens (tertiary/aromatic N) is 2. The first-order chi connectivity index (χ1) is 7.16. The molecule has 0 saturated carbocycles. The summed E-state index contributed by atoms with van der Waals surface area (Å²) in [7, 11) is 0. The Labute approximate surface area is 101 Å². The fourth-order valence-electron chi connectivity index (χ4n) is 1.19. The quantitative estimate of drug-likeness (QED) is 0.902. The summed E-state index contributed by atoms with van der Waals surface area (Å²) in [6.45, 7) is 0. The van der Waals surface area contributed by atoms with Gasteiger partial charge in [0.15, 0.2) is 0 Å². The van der Waals surface area contributed by atoms with Crippen LogP contribution in [-0.4, -0.2) is 10.2 Å². The van der Waals surface area contributed by atoms with Crippen LogP contribution in [0.25, 0.3) is 0 Å². The lowest BCUT2D eigenvalue weighted by molar-refractivity contribution is 1.01. The molecule has 0 unspecified atom stereocenters. The minimum absolute atomic E-state index is 0.452. The van der Waals surface area contributed by atoms with Crippen LogP contribution >= 0.6 is 34.5 Å². The zero-order valence-electron chi connectivity index (χ0n) is 7.58. The molecule has 3 nitrogen and oxygen atoms in total. The van der Waals surface area contributed by atoms with Gasteiger partial charge < -0.3 is 5.73 Å². The fraction of sp³-hybridized carbons (Fsp3) is 0.111. The van der Waals surface area contributed by atoms with Crippen molar-refractivity contribution in [3.8, 4) is 0 Å². The third kappa shape index (κ3) is 2.40. The lowest BCUT2D eigenvalue weighted by Gasteiger charge is -2.03. The standard InChI is InChI=1S/C9H7Cl2N3S/c10-6-2-1-3-7(11)5(6)4-8-13-14-9(12)15-8/h1-3H,4H2,(H2,12,14). The molecule has 0 fully saturated rings. The van der Waals surface area contributed by atoms with Crippen molar-refractivity contribution in [2.45, 2.75) is 6.42 Å². The van der Waals surface area contributed by atoms with Crippen molar-refractivity contribution in [3.05, 3.63) is 38.8 Å². The van der Waals surface area contributed by atoms with Gasteiger partial charge in [-0.1, -0.05) is 40.6 Å². The average molecular weight is 260 g/mol. The molecule has 2 aromatic rings. The van der Waals surface area contributed by atoms with Crippen molar-refractivity contribution >= 4 is 39.7 Å². The summed E-state index contributed by atoms with van der Waals surface area (Å²) in [5, 5.41) is 10.2. The van der Waals surface area contributed by atoms with Gasteiger partial charge in [-0.05, 0) is 17.7 Å². The highest BCUT2D eigenvalue weighted by atomic mass is 35.5. The van der Waals surface area contributed by atoms with E-state index in [1.54, 1.807) is 12.1 Å². The Balaban J connectivity index is 2.31. The molecule has 15 heavy (non-hydrogen) atoms. The van der Waals surface area contributed by atoms with Gasteiger partial charge in [-0.3, -0.25) is 0 Å². The lowest BCUT2D eigenvalue weighted by Crippen LogP contribution is -1.90. The Morgan fingerprint density at radius 1 is 1.20 bits per heavy atom. The Morgan fingerprint density at radius 3 is 2.40 bits per heavy atom. The topological polar surface area (TPSA) is 51.8 Å². The van der Waals surface area contributed by atoms with Gasteiger partial charge in [0.25, 0.3) is 0 Å². The summed E-state index contributed by atoms with van der Waals surface area (Å²) >= 11 is 13.4. The van der Waals surface area contributed by atoms with E-state index in [1.807, 2.05) is 6.07 Å². The van der Waals surface area contributed by atoms with Crippen molar-refractivity contribution < 1.29 is 0 Å². The molecule has 0 aliphatic rings. The molecule has 2 N–H and O–H groups in total. The number of benzene rings is 1. The highest BCUT2D eigenvalue weighted by Gasteiger charge is 2.09. The van der Waals surface area contributed by atoms with Crippen LogP contribution in [0, 0.1) is 0 Å². The largest absolute Gasteiger partial charge is 0.374 e. The van der Waals surface area contributed by atoms with Crippen molar-refractivity contribution in [1.82, 2.24) is 10.2 Å². The monoisotopic (exact) mass is 259 g/mol. The van der Waals surface area contributed by atoms with Crippen LogP contribution in [0.5, 0.6) is 0 Å². The van der Waals surface area contributed by atoms with Crippen molar-refractivity contribution in [2.24, 2.45) is 0 Å². The molecule has 1 aromatic carbocycles. The zero-order chi connectivity index (χ0) is 10.8. The van der Waals surface area contributed by atoms with Gasteiger partial charge in [-0.2, -0.15) is 0 Å². The SMILES string of the molecule is Nc1nnc(Cc2c(Cl)cccc2Cl)s1. The van der Waals surface area contributed by atoms with Crippen LogP contribution in [-0.2, 0) is 6.42 Å². The Kier molecular flexibility index (Phi) is 3.09. The third-order valence-corrected chi connectivity index (χ3v) is 3.33. The molecule has 6 heteroatoms. The molecule has 0 radical (unpaired) electrons. The summed E-state index contributed by atoms with van der Waals surface area (Å²) in [6.07, 6.45) is 0.563. The molecule has 0 bridgehead atoms. The molecule has 0 spiro atoms. The average Bonchev–Trinajstić information content (AvgIpc) is 2.58. The van der Waals surface area contributed by atoms with Gasteiger partial charge in [0, 0.05) is 16.5 Å². The molecule has 0 atom stereocenters. The van der Waals surface area contributed by atoms with Crippen LogP contribution in [0.2, 0.25) is 10.0 Å². The number of hydrogen-bond acceptors (Lipinski definition) is 4. The predicted octanol–water partition coefficient (Wildman–Crippen LogP) is 3.02. The molecule has 0 saturated heterocycles. The maximum atomic E-state index is 6.03. The Morgan fingerprint density at radius 2 is 1.87 bits per heavy atom. The zero-order valence-corrected chi connectivity index (χ0v) is 9.90. The molecule has 1 aromatic heterocycles. The highest BCUT2D eigenvalue weighted by molar-refractivity contribution is 7.15. The Bertz CT molecular complexity index is 464. The third-order valence-electron chi connectivity index (χ3n) is 1.87. The van der Waals surface area contributed by atoms with E-state index in [2.05, 4.69) is 10.2 Å². The van der Waals surface area contributed by atoms with Gasteiger partial charge in [-0.15, -0.1) is 10.2 Å². The number of aromatic nitrogens is 2. The smallest absolute Gasteiger partial charge is 0.203 e. The van der Waals surface area contributed by atoms with E-state index in [9.17, 15) is 0 Å². The molecule has 78 valence electrons. The van der Waals surface area contributed by atoms with E-state index in [0.717, 1.165) is 10.6 Å². The first-order valence-electron chi connectivity index (χ1n) is 4.17. The van der Waals surface area contributed by atoms with Gasteiger partial charge in [0.1, 0.15) is 5.01 Å². The first kappa shape index (κ1) is 10.7. The van der Waals surface area contributed by atoms with E-state index in [1.165, 1.54) is 11.3 Å². The number of nitrogens with two attached hydrogens (primary N) is 1. The Hall–Kier alpha value is -0.840.